The van der Waals surface area contributed by atoms with Crippen LogP contribution in [0, 0.1) is 0 Å². The lowest BCUT2D eigenvalue weighted by atomic mass is 10.2. The number of hydrogen-bond donors (Lipinski definition) is 2. The maximum absolute atomic E-state index is 9.16. The zero-order valence-electron chi connectivity index (χ0n) is 8.49. The average Bonchev–Trinajstić information content (AvgIpc) is 1.83. The Morgan fingerprint density at radius 2 is 1.25 bits per heavy atom. The van der Waals surface area contributed by atoms with Crippen LogP contribution in [0.15, 0.2) is 0 Å². The van der Waals surface area contributed by atoms with Crippen molar-refractivity contribution in [1.82, 2.24) is 4.90 Å². The molecule has 0 aliphatic heterocycles. The molecule has 0 aromatic rings. The summed E-state index contributed by atoms with van der Waals surface area (Å²) in [4.78, 5) is 2.06. The first-order valence-electron chi connectivity index (χ1n) is 4.53. The second kappa shape index (κ2) is 5.51. The number of aliphatic hydroxyl groups excluding tert-OH is 2. The summed E-state index contributed by atoms with van der Waals surface area (Å²) in [6.07, 6.45) is -0.655. The minimum absolute atomic E-state index is 0.328. The number of aliphatic hydroxyl groups is 2. The van der Waals surface area contributed by atoms with Gasteiger partial charge in [0.05, 0.1) is 12.2 Å². The van der Waals surface area contributed by atoms with Crippen LogP contribution in [0.2, 0.25) is 0 Å². The fourth-order valence-electron chi connectivity index (χ4n) is 1.17. The van der Waals surface area contributed by atoms with E-state index in [0.29, 0.717) is 19.1 Å². The Labute approximate surface area is 75.0 Å². The third kappa shape index (κ3) is 5.52. The minimum atomic E-state index is -0.328. The molecule has 0 amide bonds. The first-order valence-corrected chi connectivity index (χ1v) is 4.53. The summed E-state index contributed by atoms with van der Waals surface area (Å²) in [6, 6.07) is 0.370. The van der Waals surface area contributed by atoms with Crippen molar-refractivity contribution in [2.24, 2.45) is 0 Å². The predicted octanol–water partition coefficient (Wildman–Crippen LogP) is 0.458. The van der Waals surface area contributed by atoms with E-state index in [2.05, 4.69) is 18.7 Å². The van der Waals surface area contributed by atoms with E-state index in [1.54, 1.807) is 13.8 Å². The molecule has 0 spiro atoms. The van der Waals surface area contributed by atoms with Crippen LogP contribution in [0.5, 0.6) is 0 Å². The Hall–Kier alpha value is -0.120. The highest BCUT2D eigenvalue weighted by molar-refractivity contribution is 4.67. The fourth-order valence-corrected chi connectivity index (χ4v) is 1.17. The van der Waals surface area contributed by atoms with E-state index in [-0.39, 0.29) is 12.2 Å². The quantitative estimate of drug-likeness (QED) is 0.638. The topological polar surface area (TPSA) is 43.7 Å². The lowest BCUT2D eigenvalue weighted by molar-refractivity contribution is 0.0660. The van der Waals surface area contributed by atoms with Gasteiger partial charge in [0.2, 0.25) is 0 Å². The van der Waals surface area contributed by atoms with Crippen molar-refractivity contribution in [2.75, 3.05) is 13.1 Å². The summed E-state index contributed by atoms with van der Waals surface area (Å²) in [7, 11) is 0. The lowest BCUT2D eigenvalue weighted by Crippen LogP contribution is -2.40. The van der Waals surface area contributed by atoms with Crippen LogP contribution in [0.1, 0.15) is 27.7 Å². The van der Waals surface area contributed by atoms with Crippen molar-refractivity contribution in [1.29, 1.82) is 0 Å². The smallest absolute Gasteiger partial charge is 0.0639 e. The Bertz CT molecular complexity index is 103. The second-order valence-electron chi connectivity index (χ2n) is 3.75. The molecule has 0 saturated carbocycles. The normalized spacial score (nSPS) is 17.0. The van der Waals surface area contributed by atoms with Crippen molar-refractivity contribution in [3.63, 3.8) is 0 Å². The molecular formula is C9H21NO2. The van der Waals surface area contributed by atoms with Crippen molar-refractivity contribution in [3.8, 4) is 0 Å². The number of rotatable bonds is 5. The maximum atomic E-state index is 9.16. The molecule has 0 heterocycles. The van der Waals surface area contributed by atoms with Gasteiger partial charge in [0.1, 0.15) is 0 Å². The second-order valence-corrected chi connectivity index (χ2v) is 3.75. The Balaban J connectivity index is 3.87. The first-order chi connectivity index (χ1) is 5.43. The van der Waals surface area contributed by atoms with Crippen LogP contribution in [0.4, 0.5) is 0 Å². The largest absolute Gasteiger partial charge is 0.392 e. The molecule has 12 heavy (non-hydrogen) atoms. The van der Waals surface area contributed by atoms with Crippen LogP contribution in [0.3, 0.4) is 0 Å². The third-order valence-corrected chi connectivity index (χ3v) is 1.73. The van der Waals surface area contributed by atoms with Crippen LogP contribution in [-0.4, -0.2) is 46.5 Å². The molecule has 0 aromatic carbocycles. The molecule has 0 aliphatic rings. The molecule has 2 atom stereocenters. The first kappa shape index (κ1) is 11.9. The molecule has 2 N–H and O–H groups in total. The van der Waals surface area contributed by atoms with E-state index in [9.17, 15) is 0 Å². The highest BCUT2D eigenvalue weighted by Crippen LogP contribution is 2.01. The van der Waals surface area contributed by atoms with E-state index in [0.717, 1.165) is 0 Å². The summed E-state index contributed by atoms with van der Waals surface area (Å²) in [5, 5.41) is 18.3. The van der Waals surface area contributed by atoms with Gasteiger partial charge in [-0.1, -0.05) is 0 Å². The summed E-state index contributed by atoms with van der Waals surface area (Å²) in [5.74, 6) is 0. The summed E-state index contributed by atoms with van der Waals surface area (Å²) >= 11 is 0. The van der Waals surface area contributed by atoms with Gasteiger partial charge in [-0.05, 0) is 27.7 Å². The zero-order valence-corrected chi connectivity index (χ0v) is 8.49. The summed E-state index contributed by atoms with van der Waals surface area (Å²) in [5.41, 5.74) is 0. The van der Waals surface area contributed by atoms with E-state index in [4.69, 9.17) is 10.2 Å². The molecule has 0 saturated heterocycles. The van der Waals surface area contributed by atoms with Gasteiger partial charge in [-0.3, -0.25) is 4.90 Å². The van der Waals surface area contributed by atoms with Gasteiger partial charge in [-0.15, -0.1) is 0 Å². The molecule has 3 nitrogen and oxygen atoms in total. The lowest BCUT2D eigenvalue weighted by Gasteiger charge is -2.28. The van der Waals surface area contributed by atoms with Crippen molar-refractivity contribution >= 4 is 0 Å². The van der Waals surface area contributed by atoms with Gasteiger partial charge in [0.25, 0.3) is 0 Å². The van der Waals surface area contributed by atoms with Gasteiger partial charge in [0.15, 0.2) is 0 Å². The minimum Gasteiger partial charge on any atom is -0.392 e. The van der Waals surface area contributed by atoms with Crippen LogP contribution in [-0.2, 0) is 0 Å². The van der Waals surface area contributed by atoms with E-state index >= 15 is 0 Å². The van der Waals surface area contributed by atoms with Crippen molar-refractivity contribution < 1.29 is 10.2 Å². The molecule has 74 valence electrons. The standard InChI is InChI=1S/C9H21NO2/c1-7(2)10(5-8(3)11)6-9(4)12/h7-9,11-12H,5-6H2,1-4H3. The Morgan fingerprint density at radius 3 is 1.42 bits per heavy atom. The van der Waals surface area contributed by atoms with Gasteiger partial charge >= 0.3 is 0 Å². The van der Waals surface area contributed by atoms with Crippen LogP contribution < -0.4 is 0 Å². The van der Waals surface area contributed by atoms with E-state index in [1.807, 2.05) is 0 Å². The van der Waals surface area contributed by atoms with Gasteiger partial charge < -0.3 is 10.2 Å². The predicted molar refractivity (Wildman–Crippen MR) is 50.1 cm³/mol. The molecule has 0 rings (SSSR count). The Morgan fingerprint density at radius 1 is 0.917 bits per heavy atom. The molecule has 0 bridgehead atoms. The molecule has 3 heteroatoms. The van der Waals surface area contributed by atoms with Crippen molar-refractivity contribution in [2.45, 2.75) is 45.9 Å². The Kier molecular flexibility index (Phi) is 5.46. The van der Waals surface area contributed by atoms with Crippen LogP contribution in [0.25, 0.3) is 0 Å². The monoisotopic (exact) mass is 175 g/mol. The van der Waals surface area contributed by atoms with Crippen molar-refractivity contribution in [3.05, 3.63) is 0 Å². The molecule has 2 unspecified atom stereocenters. The third-order valence-electron chi connectivity index (χ3n) is 1.73. The molecule has 0 aliphatic carbocycles. The zero-order chi connectivity index (χ0) is 9.72. The highest BCUT2D eigenvalue weighted by atomic mass is 16.3. The fraction of sp³-hybridized carbons (Fsp3) is 1.00. The molecule has 0 fully saturated rings. The van der Waals surface area contributed by atoms with E-state index in [1.165, 1.54) is 0 Å². The van der Waals surface area contributed by atoms with E-state index < -0.39 is 0 Å². The van der Waals surface area contributed by atoms with Gasteiger partial charge in [0, 0.05) is 19.1 Å². The molecule has 0 aromatic heterocycles. The molecular weight excluding hydrogens is 154 g/mol. The number of nitrogens with zero attached hydrogens (tertiary/aromatic N) is 1. The maximum Gasteiger partial charge on any atom is 0.0639 e. The molecule has 0 radical (unpaired) electrons. The van der Waals surface area contributed by atoms with Gasteiger partial charge in [-0.2, -0.15) is 0 Å². The summed E-state index contributed by atoms with van der Waals surface area (Å²) in [6.45, 7) is 8.90. The van der Waals surface area contributed by atoms with Crippen LogP contribution >= 0.6 is 0 Å². The average molecular weight is 175 g/mol. The summed E-state index contributed by atoms with van der Waals surface area (Å²) < 4.78 is 0. The highest BCUT2D eigenvalue weighted by Gasteiger charge is 2.13. The SMILES string of the molecule is CC(O)CN(CC(C)O)C(C)C. The number of hydrogen-bond acceptors (Lipinski definition) is 3. The van der Waals surface area contributed by atoms with Gasteiger partial charge in [-0.25, -0.2) is 0 Å².